The molecule has 1 heterocycles. The van der Waals surface area contributed by atoms with Gasteiger partial charge in [0.25, 0.3) is 0 Å². The van der Waals surface area contributed by atoms with Crippen molar-refractivity contribution in [3.8, 4) is 11.4 Å². The number of hydrogen-bond donors (Lipinski definition) is 3. The number of thioether (sulfide) groups is 1. The van der Waals surface area contributed by atoms with Crippen molar-refractivity contribution < 1.29 is 9.59 Å². The minimum Gasteiger partial charge on any atom is -0.326 e. The molecular weight excluding hydrogens is 477 g/mol. The number of aromatic amines is 1. The van der Waals surface area contributed by atoms with Crippen LogP contribution in [-0.4, -0.2) is 32.7 Å². The normalized spacial score (nSPS) is 10.4. The highest BCUT2D eigenvalue weighted by atomic mass is 127. The largest absolute Gasteiger partial charge is 0.326 e. The van der Waals surface area contributed by atoms with E-state index in [0.717, 1.165) is 14.8 Å². The topological polar surface area (TPSA) is 99.8 Å². The lowest BCUT2D eigenvalue weighted by atomic mass is 10.2. The van der Waals surface area contributed by atoms with Crippen molar-refractivity contribution in [3.05, 3.63) is 52.1 Å². The lowest BCUT2D eigenvalue weighted by Gasteiger charge is -2.04. The Bertz CT molecular complexity index is 958. The van der Waals surface area contributed by atoms with Gasteiger partial charge in [-0.15, -0.1) is 5.10 Å². The molecule has 0 saturated carbocycles. The second-order valence-corrected chi connectivity index (χ2v) is 7.76. The third kappa shape index (κ3) is 5.79. The summed E-state index contributed by atoms with van der Waals surface area (Å²) in [7, 11) is 0. The predicted octanol–water partition coefficient (Wildman–Crippen LogP) is 3.77. The van der Waals surface area contributed by atoms with Crippen LogP contribution in [0.25, 0.3) is 11.4 Å². The van der Waals surface area contributed by atoms with Crippen molar-refractivity contribution in [2.45, 2.75) is 12.1 Å². The molecule has 0 aliphatic heterocycles. The van der Waals surface area contributed by atoms with Gasteiger partial charge in [0.1, 0.15) is 0 Å². The van der Waals surface area contributed by atoms with Crippen LogP contribution in [0.5, 0.6) is 0 Å². The zero-order valence-corrected chi connectivity index (χ0v) is 17.3. The van der Waals surface area contributed by atoms with Crippen LogP contribution in [0.3, 0.4) is 0 Å². The molecule has 138 valence electrons. The molecule has 1 aromatic heterocycles. The van der Waals surface area contributed by atoms with E-state index in [4.69, 9.17) is 0 Å². The van der Waals surface area contributed by atoms with Crippen LogP contribution in [0, 0.1) is 3.57 Å². The molecule has 3 N–H and O–H groups in total. The highest BCUT2D eigenvalue weighted by Gasteiger charge is 2.10. The zero-order chi connectivity index (χ0) is 19.2. The molecule has 0 radical (unpaired) electrons. The highest BCUT2D eigenvalue weighted by Crippen LogP contribution is 2.22. The van der Waals surface area contributed by atoms with Gasteiger partial charge in [-0.3, -0.25) is 14.7 Å². The first-order valence-electron chi connectivity index (χ1n) is 7.98. The van der Waals surface area contributed by atoms with Crippen molar-refractivity contribution in [2.24, 2.45) is 0 Å². The maximum Gasteiger partial charge on any atom is 0.234 e. The van der Waals surface area contributed by atoms with Crippen molar-refractivity contribution >= 4 is 57.5 Å². The second kappa shape index (κ2) is 9.00. The van der Waals surface area contributed by atoms with E-state index in [-0.39, 0.29) is 17.6 Å². The van der Waals surface area contributed by atoms with Crippen LogP contribution < -0.4 is 10.6 Å². The van der Waals surface area contributed by atoms with E-state index in [2.05, 4.69) is 48.4 Å². The Morgan fingerprint density at radius 3 is 2.63 bits per heavy atom. The summed E-state index contributed by atoms with van der Waals surface area (Å²) in [5.74, 6) is 0.512. The van der Waals surface area contributed by atoms with E-state index in [1.807, 2.05) is 36.4 Å². The molecule has 0 spiro atoms. The first-order valence-corrected chi connectivity index (χ1v) is 10.0. The van der Waals surface area contributed by atoms with Gasteiger partial charge in [-0.25, -0.2) is 4.98 Å². The summed E-state index contributed by atoms with van der Waals surface area (Å²) in [5.41, 5.74) is 2.23. The molecule has 2 aromatic carbocycles. The molecule has 3 aromatic rings. The fourth-order valence-corrected chi connectivity index (χ4v) is 3.21. The van der Waals surface area contributed by atoms with Crippen LogP contribution >= 0.6 is 34.4 Å². The summed E-state index contributed by atoms with van der Waals surface area (Å²) in [4.78, 5) is 27.6. The Hall–Kier alpha value is -2.40. The van der Waals surface area contributed by atoms with Gasteiger partial charge in [0.2, 0.25) is 17.0 Å². The minimum atomic E-state index is -0.139. The van der Waals surface area contributed by atoms with Crippen molar-refractivity contribution in [1.29, 1.82) is 0 Å². The molecule has 0 atom stereocenters. The lowest BCUT2D eigenvalue weighted by molar-refractivity contribution is -0.114. The van der Waals surface area contributed by atoms with Gasteiger partial charge < -0.3 is 10.6 Å². The predicted molar refractivity (Wildman–Crippen MR) is 115 cm³/mol. The van der Waals surface area contributed by atoms with Crippen LogP contribution in [0.2, 0.25) is 0 Å². The number of nitrogens with zero attached hydrogens (tertiary/aromatic N) is 2. The van der Waals surface area contributed by atoms with Gasteiger partial charge in [0, 0.05) is 27.4 Å². The van der Waals surface area contributed by atoms with Crippen LogP contribution in [-0.2, 0) is 9.59 Å². The molecule has 0 aliphatic rings. The quantitative estimate of drug-likeness (QED) is 0.359. The molecular formula is C18H16IN5O2S. The number of hydrogen-bond acceptors (Lipinski definition) is 5. The highest BCUT2D eigenvalue weighted by molar-refractivity contribution is 14.1. The molecule has 0 fully saturated rings. The van der Waals surface area contributed by atoms with E-state index in [9.17, 15) is 9.59 Å². The maximum absolute atomic E-state index is 12.1. The average molecular weight is 493 g/mol. The van der Waals surface area contributed by atoms with Crippen LogP contribution in [0.1, 0.15) is 6.92 Å². The van der Waals surface area contributed by atoms with E-state index < -0.39 is 0 Å². The molecule has 9 heteroatoms. The van der Waals surface area contributed by atoms with Crippen LogP contribution in [0.15, 0.2) is 53.7 Å². The molecule has 0 unspecified atom stereocenters. The van der Waals surface area contributed by atoms with Gasteiger partial charge in [-0.2, -0.15) is 0 Å². The Morgan fingerprint density at radius 2 is 1.89 bits per heavy atom. The standard InChI is InChI=1S/C18H16IN5O2S/c1-11(25)20-15-4-2-3-12(9-15)17-22-18(24-23-17)27-10-16(26)21-14-7-5-13(19)6-8-14/h2-9H,10H2,1H3,(H,20,25)(H,21,26)(H,22,23,24). The number of carbonyl (C=O) groups is 2. The number of benzene rings is 2. The third-order valence-electron chi connectivity index (χ3n) is 3.38. The Morgan fingerprint density at radius 1 is 1.11 bits per heavy atom. The molecule has 0 aliphatic carbocycles. The number of aromatic nitrogens is 3. The SMILES string of the molecule is CC(=O)Nc1cccc(-c2nc(SCC(=O)Nc3ccc(I)cc3)n[nH]2)c1. The Labute approximate surface area is 173 Å². The van der Waals surface area contributed by atoms with Crippen LogP contribution in [0.4, 0.5) is 11.4 Å². The van der Waals surface area contributed by atoms with Gasteiger partial charge in [-0.1, -0.05) is 23.9 Å². The van der Waals surface area contributed by atoms with Gasteiger partial charge >= 0.3 is 0 Å². The first-order chi connectivity index (χ1) is 13.0. The monoisotopic (exact) mass is 493 g/mol. The summed E-state index contributed by atoms with van der Waals surface area (Å²) in [6.45, 7) is 1.46. The number of carbonyl (C=O) groups excluding carboxylic acids is 2. The third-order valence-corrected chi connectivity index (χ3v) is 4.95. The number of nitrogens with one attached hydrogen (secondary N) is 3. The van der Waals surface area contributed by atoms with E-state index >= 15 is 0 Å². The lowest BCUT2D eigenvalue weighted by Crippen LogP contribution is -2.14. The van der Waals surface area contributed by atoms with Gasteiger partial charge in [0.05, 0.1) is 5.75 Å². The molecule has 27 heavy (non-hydrogen) atoms. The summed E-state index contributed by atoms with van der Waals surface area (Å²) in [6, 6.07) is 14.9. The maximum atomic E-state index is 12.1. The first kappa shape index (κ1) is 19.4. The second-order valence-electron chi connectivity index (χ2n) is 5.57. The average Bonchev–Trinajstić information content (AvgIpc) is 3.11. The summed E-state index contributed by atoms with van der Waals surface area (Å²) < 4.78 is 1.11. The van der Waals surface area contributed by atoms with Crippen molar-refractivity contribution in [1.82, 2.24) is 15.2 Å². The molecule has 7 nitrogen and oxygen atoms in total. The molecule has 0 saturated heterocycles. The van der Waals surface area contributed by atoms with Crippen molar-refractivity contribution in [3.63, 3.8) is 0 Å². The van der Waals surface area contributed by atoms with Crippen molar-refractivity contribution in [2.75, 3.05) is 16.4 Å². The number of anilines is 2. The summed E-state index contributed by atoms with van der Waals surface area (Å²) in [5, 5.41) is 13.0. The Kier molecular flexibility index (Phi) is 6.45. The van der Waals surface area contributed by atoms with Gasteiger partial charge in [0.15, 0.2) is 5.82 Å². The smallest absolute Gasteiger partial charge is 0.234 e. The van der Waals surface area contributed by atoms with Gasteiger partial charge in [-0.05, 0) is 59.0 Å². The minimum absolute atomic E-state index is 0.125. The van der Waals surface area contributed by atoms with E-state index in [1.165, 1.54) is 18.7 Å². The fourth-order valence-electron chi connectivity index (χ4n) is 2.25. The fraction of sp³-hybridized carbons (Fsp3) is 0.111. The molecule has 2 amide bonds. The molecule has 0 bridgehead atoms. The molecule has 3 rings (SSSR count). The van der Waals surface area contributed by atoms with E-state index in [1.54, 1.807) is 12.1 Å². The Balaban J connectivity index is 1.58. The number of H-pyrrole nitrogens is 1. The number of rotatable bonds is 6. The number of halogens is 1. The zero-order valence-electron chi connectivity index (χ0n) is 14.3. The number of amides is 2. The summed E-state index contributed by atoms with van der Waals surface area (Å²) in [6.07, 6.45) is 0. The summed E-state index contributed by atoms with van der Waals surface area (Å²) >= 11 is 3.46. The van der Waals surface area contributed by atoms with E-state index in [0.29, 0.717) is 16.7 Å².